The zero-order valence-corrected chi connectivity index (χ0v) is 19.8. The minimum absolute atomic E-state index is 0.0185. The number of aromatic nitrogens is 2. The number of benzene rings is 1. The van der Waals surface area contributed by atoms with Crippen molar-refractivity contribution in [1.82, 2.24) is 19.8 Å². The minimum atomic E-state index is 0.0185. The van der Waals surface area contributed by atoms with E-state index in [1.807, 2.05) is 18.3 Å². The van der Waals surface area contributed by atoms with E-state index >= 15 is 0 Å². The lowest BCUT2D eigenvalue weighted by molar-refractivity contribution is 0.174. The average molecular weight is 461 g/mol. The molecule has 0 radical (unpaired) electrons. The van der Waals surface area contributed by atoms with E-state index in [0.717, 1.165) is 28.0 Å². The molecule has 3 aromatic rings. The van der Waals surface area contributed by atoms with Gasteiger partial charge in [-0.25, -0.2) is 0 Å². The Balaban J connectivity index is 1.46. The summed E-state index contributed by atoms with van der Waals surface area (Å²) < 4.78 is 13.5. The van der Waals surface area contributed by atoms with E-state index in [9.17, 15) is 0 Å². The van der Waals surface area contributed by atoms with Crippen LogP contribution in [0.25, 0.3) is 5.69 Å². The van der Waals surface area contributed by atoms with Gasteiger partial charge in [0.25, 0.3) is 0 Å². The molecular formula is C26H28N4O2S. The second kappa shape index (κ2) is 8.06. The molecule has 2 aromatic heterocycles. The summed E-state index contributed by atoms with van der Waals surface area (Å²) in [6, 6.07) is 15.2. The first-order valence-corrected chi connectivity index (χ1v) is 12.1. The summed E-state index contributed by atoms with van der Waals surface area (Å²) in [5, 5.41) is 4.47. The van der Waals surface area contributed by atoms with Gasteiger partial charge in [-0.1, -0.05) is 18.9 Å². The Labute approximate surface area is 199 Å². The fourth-order valence-electron chi connectivity index (χ4n) is 5.78. The van der Waals surface area contributed by atoms with Crippen LogP contribution in [0, 0.1) is 13.8 Å². The minimum Gasteiger partial charge on any atom is -0.454 e. The fraction of sp³-hybridized carbons (Fsp3) is 0.385. The third-order valence-electron chi connectivity index (χ3n) is 7.26. The molecule has 1 aromatic carbocycles. The van der Waals surface area contributed by atoms with E-state index in [1.165, 1.54) is 42.6 Å². The Morgan fingerprint density at radius 2 is 1.85 bits per heavy atom. The van der Waals surface area contributed by atoms with Gasteiger partial charge in [-0.05, 0) is 74.8 Å². The van der Waals surface area contributed by atoms with Gasteiger partial charge < -0.3 is 24.3 Å². The smallest absolute Gasteiger partial charge is 0.231 e. The predicted octanol–water partition coefficient (Wildman–Crippen LogP) is 5.13. The number of nitrogens with zero attached hydrogens (tertiary/aromatic N) is 3. The number of fused-ring (bicyclic) bond motifs is 1. The molecule has 6 rings (SSSR count). The molecule has 2 aliphatic heterocycles. The highest BCUT2D eigenvalue weighted by molar-refractivity contribution is 7.80. The first-order chi connectivity index (χ1) is 16.1. The average Bonchev–Trinajstić information content (AvgIpc) is 3.60. The summed E-state index contributed by atoms with van der Waals surface area (Å²) in [5.74, 6) is 1.60. The van der Waals surface area contributed by atoms with Crippen molar-refractivity contribution in [2.45, 2.75) is 57.7 Å². The lowest BCUT2D eigenvalue weighted by Crippen LogP contribution is -2.37. The van der Waals surface area contributed by atoms with Crippen LogP contribution >= 0.6 is 12.2 Å². The summed E-state index contributed by atoms with van der Waals surface area (Å²) in [7, 11) is 0. The van der Waals surface area contributed by atoms with Crippen molar-refractivity contribution >= 4 is 17.3 Å². The van der Waals surface area contributed by atoms with Crippen LogP contribution in [-0.4, -0.2) is 32.4 Å². The van der Waals surface area contributed by atoms with Gasteiger partial charge in [0.2, 0.25) is 6.79 Å². The van der Waals surface area contributed by atoms with Gasteiger partial charge in [-0.15, -0.1) is 0 Å². The van der Waals surface area contributed by atoms with Gasteiger partial charge in [0.15, 0.2) is 16.6 Å². The van der Waals surface area contributed by atoms with Crippen LogP contribution in [0.2, 0.25) is 0 Å². The first kappa shape index (κ1) is 20.5. The number of pyridine rings is 1. The van der Waals surface area contributed by atoms with Crippen LogP contribution in [0.15, 0.2) is 48.7 Å². The summed E-state index contributed by atoms with van der Waals surface area (Å²) in [6.07, 6.45) is 6.77. The van der Waals surface area contributed by atoms with Crippen LogP contribution in [0.1, 0.15) is 60.4 Å². The second-order valence-corrected chi connectivity index (χ2v) is 9.56. The highest BCUT2D eigenvalue weighted by Gasteiger charge is 2.44. The van der Waals surface area contributed by atoms with Crippen molar-refractivity contribution in [3.63, 3.8) is 0 Å². The maximum atomic E-state index is 5.91. The van der Waals surface area contributed by atoms with E-state index in [1.54, 1.807) is 0 Å². The summed E-state index contributed by atoms with van der Waals surface area (Å²) in [6.45, 7) is 4.65. The van der Waals surface area contributed by atoms with Crippen molar-refractivity contribution < 1.29 is 9.47 Å². The van der Waals surface area contributed by atoms with Crippen LogP contribution in [0.3, 0.4) is 0 Å². The van der Waals surface area contributed by atoms with Crippen molar-refractivity contribution in [2.24, 2.45) is 0 Å². The maximum absolute atomic E-state index is 5.91. The van der Waals surface area contributed by atoms with Gasteiger partial charge in [0, 0.05) is 35.4 Å². The highest BCUT2D eigenvalue weighted by atomic mass is 32.1. The van der Waals surface area contributed by atoms with E-state index < -0.39 is 0 Å². The number of aryl methyl sites for hydroxylation is 1. The van der Waals surface area contributed by atoms with Gasteiger partial charge in [0.05, 0.1) is 17.8 Å². The van der Waals surface area contributed by atoms with Gasteiger partial charge in [0.1, 0.15) is 0 Å². The molecule has 1 saturated carbocycles. The number of rotatable bonds is 4. The fourth-order valence-corrected chi connectivity index (χ4v) is 6.17. The van der Waals surface area contributed by atoms with Crippen LogP contribution < -0.4 is 14.8 Å². The maximum Gasteiger partial charge on any atom is 0.231 e. The van der Waals surface area contributed by atoms with Crippen LogP contribution in [0.4, 0.5) is 0 Å². The molecule has 6 nitrogen and oxygen atoms in total. The SMILES string of the molecule is Cc1cc([C@H]2[C@H](c3ccccn3)NC(=S)N2C2CCCC2)c(C)n1-c1ccc2c(c1)OCO2. The second-order valence-electron chi connectivity index (χ2n) is 9.17. The van der Waals surface area contributed by atoms with E-state index in [2.05, 4.69) is 59.0 Å². The Morgan fingerprint density at radius 1 is 1.03 bits per heavy atom. The number of thiocarbonyl (C=S) groups is 1. The Morgan fingerprint density at radius 3 is 2.64 bits per heavy atom. The molecule has 0 spiro atoms. The zero-order valence-electron chi connectivity index (χ0n) is 19.0. The quantitative estimate of drug-likeness (QED) is 0.545. The molecule has 4 heterocycles. The third kappa shape index (κ3) is 3.37. The van der Waals surface area contributed by atoms with Crippen molar-refractivity contribution in [1.29, 1.82) is 0 Å². The summed E-state index contributed by atoms with van der Waals surface area (Å²) >= 11 is 5.91. The molecule has 0 bridgehead atoms. The van der Waals surface area contributed by atoms with Crippen molar-refractivity contribution in [3.8, 4) is 17.2 Å². The van der Waals surface area contributed by atoms with Crippen LogP contribution in [0.5, 0.6) is 11.5 Å². The molecule has 0 amide bonds. The van der Waals surface area contributed by atoms with Crippen molar-refractivity contribution in [2.75, 3.05) is 6.79 Å². The topological polar surface area (TPSA) is 51.6 Å². The van der Waals surface area contributed by atoms with Crippen molar-refractivity contribution in [3.05, 3.63) is 71.3 Å². The van der Waals surface area contributed by atoms with E-state index in [-0.39, 0.29) is 18.9 Å². The predicted molar refractivity (Wildman–Crippen MR) is 131 cm³/mol. The number of hydrogen-bond acceptors (Lipinski definition) is 4. The standard InChI is InChI=1S/C26H28N4O2S/c1-16-13-20(17(2)29(16)19-10-11-22-23(14-19)32-15-31-22)25-24(21-9-5-6-12-27-21)28-26(33)30(25)18-7-3-4-8-18/h5-6,9-14,18,24-25H,3-4,7-8,15H2,1-2H3,(H,28,33)/t24-,25-/m0/s1. The molecule has 7 heteroatoms. The lowest BCUT2D eigenvalue weighted by Gasteiger charge is -2.33. The summed E-state index contributed by atoms with van der Waals surface area (Å²) in [4.78, 5) is 7.17. The number of hydrogen-bond donors (Lipinski definition) is 1. The largest absolute Gasteiger partial charge is 0.454 e. The van der Waals surface area contributed by atoms with Gasteiger partial charge in [-0.3, -0.25) is 4.98 Å². The number of ether oxygens (including phenoxy) is 2. The Hall–Kier alpha value is -3.06. The molecule has 170 valence electrons. The molecule has 2 fully saturated rings. The van der Waals surface area contributed by atoms with Gasteiger partial charge >= 0.3 is 0 Å². The van der Waals surface area contributed by atoms with E-state index in [0.29, 0.717) is 6.04 Å². The molecule has 3 aliphatic rings. The summed E-state index contributed by atoms with van der Waals surface area (Å²) in [5.41, 5.74) is 5.80. The first-order valence-electron chi connectivity index (χ1n) is 11.7. The molecule has 1 saturated heterocycles. The van der Waals surface area contributed by atoms with Gasteiger partial charge in [-0.2, -0.15) is 0 Å². The normalized spacial score (nSPS) is 22.2. The zero-order chi connectivity index (χ0) is 22.5. The van der Waals surface area contributed by atoms with E-state index in [4.69, 9.17) is 26.7 Å². The molecule has 0 unspecified atom stereocenters. The highest BCUT2D eigenvalue weighted by Crippen LogP contribution is 2.45. The lowest BCUT2D eigenvalue weighted by atomic mass is 9.95. The molecular weight excluding hydrogens is 432 g/mol. The monoisotopic (exact) mass is 460 g/mol. The number of nitrogens with one attached hydrogen (secondary N) is 1. The third-order valence-corrected chi connectivity index (χ3v) is 7.59. The Bertz CT molecular complexity index is 1200. The Kier molecular flexibility index (Phi) is 5.02. The molecule has 33 heavy (non-hydrogen) atoms. The molecule has 1 aliphatic carbocycles. The molecule has 1 N–H and O–H groups in total. The van der Waals surface area contributed by atoms with Crippen LogP contribution in [-0.2, 0) is 0 Å². The molecule has 2 atom stereocenters.